The van der Waals surface area contributed by atoms with Gasteiger partial charge in [-0.2, -0.15) is 0 Å². The Kier molecular flexibility index (Phi) is 10.7. The monoisotopic (exact) mass is 480 g/mol. The van der Waals surface area contributed by atoms with Crippen LogP contribution in [0.15, 0.2) is 48.5 Å². The standard InChI is InChI=1S/C24H30Cl2N2O2S/c1-4-22(24(30)27-13-17(2)3)28(14-18-9-6-5-7-10-18)23(29)16-31-15-19-20(25)11-8-12-21(19)26/h5-12,17,22H,4,13-16H2,1-3H3,(H,27,30)/t22-/m1/s1. The van der Waals surface area contributed by atoms with Gasteiger partial charge in [0.1, 0.15) is 6.04 Å². The first kappa shape index (κ1) is 25.6. The zero-order valence-electron chi connectivity index (χ0n) is 18.2. The van der Waals surface area contributed by atoms with Crippen molar-refractivity contribution in [3.63, 3.8) is 0 Å². The van der Waals surface area contributed by atoms with E-state index in [4.69, 9.17) is 23.2 Å². The number of amides is 2. The molecule has 168 valence electrons. The smallest absolute Gasteiger partial charge is 0.242 e. The van der Waals surface area contributed by atoms with E-state index in [0.717, 1.165) is 11.1 Å². The molecule has 4 nitrogen and oxygen atoms in total. The second-order valence-electron chi connectivity index (χ2n) is 7.76. The van der Waals surface area contributed by atoms with Gasteiger partial charge in [0.15, 0.2) is 0 Å². The van der Waals surface area contributed by atoms with Gasteiger partial charge in [0, 0.05) is 28.9 Å². The summed E-state index contributed by atoms with van der Waals surface area (Å²) in [5.74, 6) is 0.918. The minimum Gasteiger partial charge on any atom is -0.354 e. The molecule has 2 aromatic rings. The van der Waals surface area contributed by atoms with Crippen molar-refractivity contribution in [1.29, 1.82) is 0 Å². The van der Waals surface area contributed by atoms with Crippen LogP contribution in [0.4, 0.5) is 0 Å². The van der Waals surface area contributed by atoms with Crippen LogP contribution >= 0.6 is 35.0 Å². The van der Waals surface area contributed by atoms with Crippen molar-refractivity contribution in [2.75, 3.05) is 12.3 Å². The molecule has 1 N–H and O–H groups in total. The number of thioether (sulfide) groups is 1. The van der Waals surface area contributed by atoms with Crippen LogP contribution in [0.5, 0.6) is 0 Å². The summed E-state index contributed by atoms with van der Waals surface area (Å²) in [4.78, 5) is 27.7. The highest BCUT2D eigenvalue weighted by molar-refractivity contribution is 7.99. The number of carbonyl (C=O) groups excluding carboxylic acids is 2. The lowest BCUT2D eigenvalue weighted by molar-refractivity contribution is -0.139. The van der Waals surface area contributed by atoms with Crippen LogP contribution in [0.1, 0.15) is 38.3 Å². The molecule has 0 spiro atoms. The van der Waals surface area contributed by atoms with Crippen molar-refractivity contribution in [1.82, 2.24) is 10.2 Å². The van der Waals surface area contributed by atoms with E-state index in [2.05, 4.69) is 5.32 Å². The lowest BCUT2D eigenvalue weighted by Gasteiger charge is -2.31. The van der Waals surface area contributed by atoms with Gasteiger partial charge in [-0.25, -0.2) is 0 Å². The summed E-state index contributed by atoms with van der Waals surface area (Å²) in [7, 11) is 0. The molecule has 31 heavy (non-hydrogen) atoms. The van der Waals surface area contributed by atoms with E-state index in [1.807, 2.05) is 51.1 Å². The molecule has 0 bridgehead atoms. The predicted octanol–water partition coefficient (Wildman–Crippen LogP) is 5.81. The molecule has 0 aliphatic carbocycles. The first-order chi connectivity index (χ1) is 14.8. The summed E-state index contributed by atoms with van der Waals surface area (Å²) >= 11 is 13.9. The van der Waals surface area contributed by atoms with Crippen molar-refractivity contribution >= 4 is 46.8 Å². The molecule has 0 aliphatic heterocycles. The Balaban J connectivity index is 2.12. The fourth-order valence-electron chi connectivity index (χ4n) is 3.12. The van der Waals surface area contributed by atoms with Crippen LogP contribution in [0.3, 0.4) is 0 Å². The van der Waals surface area contributed by atoms with Gasteiger partial charge in [-0.3, -0.25) is 9.59 Å². The third kappa shape index (κ3) is 8.06. The molecule has 2 rings (SSSR count). The van der Waals surface area contributed by atoms with Gasteiger partial charge >= 0.3 is 0 Å². The lowest BCUT2D eigenvalue weighted by atomic mass is 10.1. The van der Waals surface area contributed by atoms with E-state index in [1.54, 1.807) is 23.1 Å². The third-order valence-corrected chi connectivity index (χ3v) is 6.45. The van der Waals surface area contributed by atoms with E-state index >= 15 is 0 Å². The molecule has 0 saturated heterocycles. The number of carbonyl (C=O) groups is 2. The average Bonchev–Trinajstić information content (AvgIpc) is 2.74. The number of hydrogen-bond acceptors (Lipinski definition) is 3. The number of halogens is 2. The largest absolute Gasteiger partial charge is 0.354 e. The van der Waals surface area contributed by atoms with E-state index in [-0.39, 0.29) is 17.6 Å². The van der Waals surface area contributed by atoms with E-state index in [0.29, 0.717) is 41.2 Å². The van der Waals surface area contributed by atoms with Gasteiger partial charge in [-0.05, 0) is 35.6 Å². The van der Waals surface area contributed by atoms with Gasteiger partial charge in [0.25, 0.3) is 0 Å². The molecule has 2 aromatic carbocycles. The number of nitrogens with zero attached hydrogens (tertiary/aromatic N) is 1. The number of nitrogens with one attached hydrogen (secondary N) is 1. The van der Waals surface area contributed by atoms with Gasteiger partial charge < -0.3 is 10.2 Å². The topological polar surface area (TPSA) is 49.4 Å². The SMILES string of the molecule is CC[C@H](C(=O)NCC(C)C)N(Cc1ccccc1)C(=O)CSCc1c(Cl)cccc1Cl. The molecular weight excluding hydrogens is 451 g/mol. The third-order valence-electron chi connectivity index (χ3n) is 4.80. The molecule has 0 fully saturated rings. The molecule has 7 heteroatoms. The molecule has 0 aromatic heterocycles. The Labute approximate surface area is 199 Å². The quantitative estimate of drug-likeness (QED) is 0.441. The van der Waals surface area contributed by atoms with Crippen molar-refractivity contribution in [2.24, 2.45) is 5.92 Å². The Morgan fingerprint density at radius 1 is 1.03 bits per heavy atom. The van der Waals surface area contributed by atoms with Crippen LogP contribution < -0.4 is 5.32 Å². The summed E-state index contributed by atoms with van der Waals surface area (Å²) in [5.41, 5.74) is 1.81. The number of hydrogen-bond donors (Lipinski definition) is 1. The molecular formula is C24H30Cl2N2O2S. The summed E-state index contributed by atoms with van der Waals surface area (Å²) in [6.45, 7) is 7.00. The fraction of sp³-hybridized carbons (Fsp3) is 0.417. The lowest BCUT2D eigenvalue weighted by Crippen LogP contribution is -2.50. The highest BCUT2D eigenvalue weighted by Crippen LogP contribution is 2.28. The molecule has 2 amide bonds. The summed E-state index contributed by atoms with van der Waals surface area (Å²) in [6.07, 6.45) is 0.545. The minimum absolute atomic E-state index is 0.0800. The van der Waals surface area contributed by atoms with Gasteiger partial charge in [0.05, 0.1) is 5.75 Å². The maximum atomic E-state index is 13.2. The molecule has 0 unspecified atom stereocenters. The van der Waals surface area contributed by atoms with E-state index < -0.39 is 6.04 Å². The van der Waals surface area contributed by atoms with E-state index in [1.165, 1.54) is 11.8 Å². The predicted molar refractivity (Wildman–Crippen MR) is 132 cm³/mol. The highest BCUT2D eigenvalue weighted by Gasteiger charge is 2.28. The number of benzene rings is 2. The van der Waals surface area contributed by atoms with E-state index in [9.17, 15) is 9.59 Å². The molecule has 1 atom stereocenters. The Hall–Kier alpha value is -1.69. The maximum Gasteiger partial charge on any atom is 0.242 e. The first-order valence-electron chi connectivity index (χ1n) is 10.4. The normalized spacial score (nSPS) is 11.9. The minimum atomic E-state index is -0.518. The van der Waals surface area contributed by atoms with Crippen molar-refractivity contribution in [3.8, 4) is 0 Å². The highest BCUT2D eigenvalue weighted by atomic mass is 35.5. The first-order valence-corrected chi connectivity index (χ1v) is 12.4. The molecule has 0 aliphatic rings. The van der Waals surface area contributed by atoms with Crippen LogP contribution in [-0.4, -0.2) is 35.1 Å². The van der Waals surface area contributed by atoms with Crippen LogP contribution in [0.25, 0.3) is 0 Å². The van der Waals surface area contributed by atoms with Crippen molar-refractivity contribution < 1.29 is 9.59 Å². The molecule has 0 heterocycles. The van der Waals surface area contributed by atoms with Gasteiger partial charge in [0.2, 0.25) is 11.8 Å². The number of rotatable bonds is 11. The van der Waals surface area contributed by atoms with Gasteiger partial charge in [-0.15, -0.1) is 11.8 Å². The summed E-state index contributed by atoms with van der Waals surface area (Å²) < 4.78 is 0. The Morgan fingerprint density at radius 2 is 1.68 bits per heavy atom. The van der Waals surface area contributed by atoms with Crippen LogP contribution in [-0.2, 0) is 21.9 Å². The molecule has 0 saturated carbocycles. The zero-order chi connectivity index (χ0) is 22.8. The fourth-order valence-corrected chi connectivity index (χ4v) is 4.76. The van der Waals surface area contributed by atoms with Crippen molar-refractivity contribution in [2.45, 2.75) is 45.5 Å². The second-order valence-corrected chi connectivity index (χ2v) is 9.56. The summed E-state index contributed by atoms with van der Waals surface area (Å²) in [5, 5.41) is 4.16. The second kappa shape index (κ2) is 13.0. The summed E-state index contributed by atoms with van der Waals surface area (Å²) in [6, 6.07) is 14.6. The maximum absolute atomic E-state index is 13.2. The molecule has 0 radical (unpaired) electrons. The average molecular weight is 481 g/mol. The van der Waals surface area contributed by atoms with Crippen LogP contribution in [0, 0.1) is 5.92 Å². The Morgan fingerprint density at radius 3 is 2.26 bits per heavy atom. The zero-order valence-corrected chi connectivity index (χ0v) is 20.6. The van der Waals surface area contributed by atoms with Crippen molar-refractivity contribution in [3.05, 3.63) is 69.7 Å². The van der Waals surface area contributed by atoms with Crippen LogP contribution in [0.2, 0.25) is 10.0 Å². The Bertz CT molecular complexity index is 842. The van der Waals surface area contributed by atoms with Gasteiger partial charge in [-0.1, -0.05) is 80.4 Å².